The molecule has 0 spiro atoms. The van der Waals surface area contributed by atoms with E-state index in [-0.39, 0.29) is 0 Å². The molecular weight excluding hydrogens is 249 g/mol. The smallest absolute Gasteiger partial charge is 0.463 e. The van der Waals surface area contributed by atoms with Gasteiger partial charge in [-0.25, -0.2) is 0 Å². The molecule has 0 saturated carbocycles. The molecule has 0 atom stereocenters. The molecule has 2 N–H and O–H groups in total. The van der Waals surface area contributed by atoms with Crippen molar-refractivity contribution in [1.82, 2.24) is 0 Å². The zero-order valence-corrected chi connectivity index (χ0v) is 8.05. The van der Waals surface area contributed by atoms with Gasteiger partial charge in [-0.15, -0.1) is 0 Å². The lowest BCUT2D eigenvalue weighted by molar-refractivity contribution is -0.267. The maximum absolute atomic E-state index is 12.5. The topological polar surface area (TPSA) is 49.3 Å². The van der Waals surface area contributed by atoms with Gasteiger partial charge in [0.1, 0.15) is 5.75 Å². The zero-order chi connectivity index (χ0) is 13.3. The minimum absolute atomic E-state index is 0.526. The maximum Gasteiger partial charge on any atom is 0.463 e. The van der Waals surface area contributed by atoms with Gasteiger partial charge in [0.05, 0.1) is 5.69 Å². The lowest BCUT2D eigenvalue weighted by atomic mass is 10.2. The van der Waals surface area contributed by atoms with Crippen molar-refractivity contribution in [2.45, 2.75) is 12.1 Å². The highest BCUT2D eigenvalue weighted by atomic mass is 19.4. The first-order valence-corrected chi connectivity index (χ1v) is 4.20. The zero-order valence-electron chi connectivity index (χ0n) is 8.05. The Morgan fingerprint density at radius 2 is 1.65 bits per heavy atom. The minimum atomic E-state index is -5.98. The molecule has 0 aliphatic heterocycles. The summed E-state index contributed by atoms with van der Waals surface area (Å²) in [5.74, 6) is -8.68. The number of anilines is 1. The van der Waals surface area contributed by atoms with Crippen LogP contribution in [0.15, 0.2) is 24.3 Å². The van der Waals surface area contributed by atoms with Crippen LogP contribution in [0, 0.1) is 0 Å². The molecule has 3 nitrogen and oxygen atoms in total. The van der Waals surface area contributed by atoms with E-state index in [4.69, 9.17) is 5.11 Å². The number of benzene rings is 1. The van der Waals surface area contributed by atoms with E-state index < -0.39 is 29.4 Å². The molecule has 1 aromatic carbocycles. The van der Waals surface area contributed by atoms with Gasteiger partial charge in [-0.1, -0.05) is 12.1 Å². The molecule has 17 heavy (non-hydrogen) atoms. The number of hydrogen-bond acceptors (Lipinski definition) is 2. The summed E-state index contributed by atoms with van der Waals surface area (Å²) in [5.41, 5.74) is -0.526. The van der Waals surface area contributed by atoms with E-state index in [1.54, 1.807) is 0 Å². The SMILES string of the molecule is O=C(Nc1ccccc1O)C(F)(F)C(F)(F)F. The van der Waals surface area contributed by atoms with Gasteiger partial charge in [0.2, 0.25) is 0 Å². The predicted octanol–water partition coefficient (Wildman–Crippen LogP) is 2.53. The molecule has 0 unspecified atom stereocenters. The van der Waals surface area contributed by atoms with Crippen molar-refractivity contribution in [1.29, 1.82) is 0 Å². The van der Waals surface area contributed by atoms with E-state index >= 15 is 0 Å². The van der Waals surface area contributed by atoms with Crippen molar-refractivity contribution >= 4 is 11.6 Å². The molecule has 0 aromatic heterocycles. The van der Waals surface area contributed by atoms with Gasteiger partial charge in [-0.3, -0.25) is 4.79 Å². The third kappa shape index (κ3) is 2.63. The Kier molecular flexibility index (Phi) is 3.25. The fraction of sp³-hybridized carbons (Fsp3) is 0.222. The number of phenolic OH excluding ortho intramolecular Hbond substituents is 1. The predicted molar refractivity (Wildman–Crippen MR) is 47.7 cm³/mol. The van der Waals surface area contributed by atoms with Crippen LogP contribution < -0.4 is 5.32 Å². The second kappa shape index (κ2) is 4.19. The molecule has 1 rings (SSSR count). The van der Waals surface area contributed by atoms with Gasteiger partial charge < -0.3 is 10.4 Å². The molecule has 0 aliphatic rings. The molecule has 1 amide bonds. The van der Waals surface area contributed by atoms with E-state index in [1.165, 1.54) is 17.4 Å². The largest absolute Gasteiger partial charge is 0.506 e. The van der Waals surface area contributed by atoms with Crippen molar-refractivity contribution in [3.8, 4) is 5.75 Å². The third-order valence-corrected chi connectivity index (χ3v) is 1.79. The summed E-state index contributed by atoms with van der Waals surface area (Å²) >= 11 is 0. The second-order valence-electron chi connectivity index (χ2n) is 3.04. The van der Waals surface area contributed by atoms with Gasteiger partial charge in [-0.2, -0.15) is 22.0 Å². The number of carbonyl (C=O) groups excluding carboxylic acids is 1. The average Bonchev–Trinajstić information content (AvgIpc) is 2.19. The molecule has 0 radical (unpaired) electrons. The highest BCUT2D eigenvalue weighted by molar-refractivity contribution is 5.97. The van der Waals surface area contributed by atoms with Crippen molar-refractivity contribution in [3.05, 3.63) is 24.3 Å². The van der Waals surface area contributed by atoms with Crippen LogP contribution in [0.5, 0.6) is 5.75 Å². The van der Waals surface area contributed by atoms with Crippen LogP contribution in [0.3, 0.4) is 0 Å². The van der Waals surface area contributed by atoms with E-state index in [1.807, 2.05) is 0 Å². The lowest BCUT2D eigenvalue weighted by Gasteiger charge is -2.18. The number of phenols is 1. The Labute approximate surface area is 91.9 Å². The van der Waals surface area contributed by atoms with E-state index in [9.17, 15) is 26.7 Å². The summed E-state index contributed by atoms with van der Waals surface area (Å²) in [6, 6.07) is 4.58. The van der Waals surface area contributed by atoms with Gasteiger partial charge in [0.25, 0.3) is 0 Å². The summed E-state index contributed by atoms with van der Waals surface area (Å²) in [5, 5.41) is 10.4. The van der Waals surface area contributed by atoms with Gasteiger partial charge in [0, 0.05) is 0 Å². The number of hydrogen-bond donors (Lipinski definition) is 2. The Hall–Kier alpha value is -1.86. The number of halogens is 5. The fourth-order valence-corrected chi connectivity index (χ4v) is 0.909. The quantitative estimate of drug-likeness (QED) is 0.630. The lowest BCUT2D eigenvalue weighted by Crippen LogP contribution is -2.47. The first-order chi connectivity index (χ1) is 7.66. The van der Waals surface area contributed by atoms with Crippen LogP contribution in [0.2, 0.25) is 0 Å². The third-order valence-electron chi connectivity index (χ3n) is 1.79. The van der Waals surface area contributed by atoms with Crippen LogP contribution in [0.25, 0.3) is 0 Å². The van der Waals surface area contributed by atoms with E-state index in [2.05, 4.69) is 0 Å². The number of aromatic hydroxyl groups is 1. The summed E-state index contributed by atoms with van der Waals surface area (Å²) in [6.45, 7) is 0. The molecule has 0 saturated heterocycles. The highest BCUT2D eigenvalue weighted by Gasteiger charge is 2.63. The average molecular weight is 255 g/mol. The molecule has 0 aliphatic carbocycles. The van der Waals surface area contributed by atoms with E-state index in [0.29, 0.717) is 0 Å². The molecular formula is C9H6F5NO2. The van der Waals surface area contributed by atoms with Crippen LogP contribution in [-0.4, -0.2) is 23.1 Å². The number of rotatable bonds is 2. The number of alkyl halides is 5. The van der Waals surface area contributed by atoms with Gasteiger partial charge in [-0.05, 0) is 12.1 Å². The Morgan fingerprint density at radius 1 is 1.12 bits per heavy atom. The molecule has 94 valence electrons. The van der Waals surface area contributed by atoms with Gasteiger partial charge >= 0.3 is 18.0 Å². The monoisotopic (exact) mass is 255 g/mol. The summed E-state index contributed by atoms with van der Waals surface area (Å²) in [4.78, 5) is 10.7. The Bertz CT molecular complexity index is 430. The number of nitrogens with one attached hydrogen (secondary N) is 1. The van der Waals surface area contributed by atoms with Crippen molar-refractivity contribution in [2.24, 2.45) is 0 Å². The van der Waals surface area contributed by atoms with Crippen molar-refractivity contribution in [2.75, 3.05) is 5.32 Å². The second-order valence-corrected chi connectivity index (χ2v) is 3.04. The molecule has 0 bridgehead atoms. The maximum atomic E-state index is 12.5. The Balaban J connectivity index is 2.91. The van der Waals surface area contributed by atoms with E-state index in [0.717, 1.165) is 12.1 Å². The number of para-hydroxylation sites is 2. The van der Waals surface area contributed by atoms with Crippen molar-refractivity contribution < 1.29 is 31.9 Å². The molecule has 0 heterocycles. The summed E-state index contributed by atoms with van der Waals surface area (Å²) in [6.07, 6.45) is -5.98. The minimum Gasteiger partial charge on any atom is -0.506 e. The summed E-state index contributed by atoms with van der Waals surface area (Å²) in [7, 11) is 0. The molecule has 8 heteroatoms. The van der Waals surface area contributed by atoms with Crippen LogP contribution in [0.4, 0.5) is 27.6 Å². The van der Waals surface area contributed by atoms with Crippen LogP contribution in [0.1, 0.15) is 0 Å². The normalized spacial score (nSPS) is 12.3. The van der Waals surface area contributed by atoms with Crippen molar-refractivity contribution in [3.63, 3.8) is 0 Å². The number of amides is 1. The molecule has 0 fully saturated rings. The standard InChI is InChI=1S/C9H6F5NO2/c10-8(11,9(12,13)14)7(17)15-5-3-1-2-4-6(5)16/h1-4,16H,(H,15,17). The first-order valence-electron chi connectivity index (χ1n) is 4.20. The number of carbonyl (C=O) groups is 1. The fourth-order valence-electron chi connectivity index (χ4n) is 0.909. The first kappa shape index (κ1) is 13.2. The van der Waals surface area contributed by atoms with Gasteiger partial charge in [0.15, 0.2) is 0 Å². The molecule has 1 aromatic rings. The highest BCUT2D eigenvalue weighted by Crippen LogP contribution is 2.36. The van der Waals surface area contributed by atoms with Crippen LogP contribution in [-0.2, 0) is 4.79 Å². The Morgan fingerprint density at radius 3 is 2.12 bits per heavy atom. The summed E-state index contributed by atoms with van der Waals surface area (Å²) < 4.78 is 60.5. The van der Waals surface area contributed by atoms with Crippen LogP contribution >= 0.6 is 0 Å².